The largest absolute Gasteiger partial charge is 0.467 e. The number of carbonyl (C=O) groups excluding carboxylic acids is 1. The van der Waals surface area contributed by atoms with Gasteiger partial charge in [0.1, 0.15) is 11.6 Å². The molecule has 0 bridgehead atoms. The van der Waals surface area contributed by atoms with Gasteiger partial charge in [0.05, 0.1) is 36.8 Å². The number of halogens is 1. The van der Waals surface area contributed by atoms with E-state index in [0.29, 0.717) is 53.5 Å². The van der Waals surface area contributed by atoms with Crippen molar-refractivity contribution in [1.29, 1.82) is 0 Å². The minimum Gasteiger partial charge on any atom is -0.467 e. The minimum absolute atomic E-state index is 0.0363. The maximum absolute atomic E-state index is 15.0. The molecule has 1 amide bonds. The Morgan fingerprint density at radius 3 is 2.79 bits per heavy atom. The van der Waals surface area contributed by atoms with E-state index in [-0.39, 0.29) is 23.7 Å². The number of morpholine rings is 1. The van der Waals surface area contributed by atoms with Gasteiger partial charge in [-0.25, -0.2) is 24.7 Å². The second-order valence-electron chi connectivity index (χ2n) is 7.95. The molecule has 4 heterocycles. The van der Waals surface area contributed by atoms with Crippen LogP contribution in [-0.2, 0) is 4.74 Å². The predicted octanol–water partition coefficient (Wildman–Crippen LogP) is 3.38. The van der Waals surface area contributed by atoms with Crippen LogP contribution < -0.4 is 20.3 Å². The highest BCUT2D eigenvalue weighted by Crippen LogP contribution is 2.32. The van der Waals surface area contributed by atoms with Gasteiger partial charge in [-0.15, -0.1) is 0 Å². The molecular weight excluding hydrogens is 439 g/mol. The summed E-state index contributed by atoms with van der Waals surface area (Å²) in [6.45, 7) is 3.76. The summed E-state index contributed by atoms with van der Waals surface area (Å²) in [6, 6.07) is 6.87. The van der Waals surface area contributed by atoms with E-state index in [1.54, 1.807) is 36.7 Å². The summed E-state index contributed by atoms with van der Waals surface area (Å²) in [4.78, 5) is 27.4. The van der Waals surface area contributed by atoms with E-state index in [4.69, 9.17) is 9.47 Å². The van der Waals surface area contributed by atoms with Crippen LogP contribution in [0.15, 0.2) is 42.9 Å². The molecule has 1 N–H and O–H groups in total. The Morgan fingerprint density at radius 1 is 1.24 bits per heavy atom. The summed E-state index contributed by atoms with van der Waals surface area (Å²) in [6.07, 6.45) is 6.37. The van der Waals surface area contributed by atoms with Gasteiger partial charge in [-0.2, -0.15) is 0 Å². The van der Waals surface area contributed by atoms with Crippen molar-refractivity contribution in [3.63, 3.8) is 0 Å². The number of rotatable bonds is 5. The Hall–Kier alpha value is -4.05. The van der Waals surface area contributed by atoms with Crippen LogP contribution in [-0.4, -0.2) is 53.8 Å². The Balaban J connectivity index is 1.49. The molecule has 0 spiro atoms. The van der Waals surface area contributed by atoms with Crippen LogP contribution in [0.2, 0.25) is 0 Å². The molecule has 1 fully saturated rings. The Morgan fingerprint density at radius 2 is 2.06 bits per heavy atom. The van der Waals surface area contributed by atoms with Crippen molar-refractivity contribution in [2.24, 2.45) is 0 Å². The molecule has 0 unspecified atom stereocenters. The molecule has 10 heteroatoms. The highest BCUT2D eigenvalue weighted by Gasteiger charge is 2.24. The molecule has 1 atom stereocenters. The van der Waals surface area contributed by atoms with Gasteiger partial charge in [0, 0.05) is 42.9 Å². The summed E-state index contributed by atoms with van der Waals surface area (Å²) in [7, 11) is 1.48. The first-order chi connectivity index (χ1) is 16.5. The average molecular weight is 461 g/mol. The van der Waals surface area contributed by atoms with Crippen LogP contribution in [0.25, 0.3) is 17.3 Å². The first-order valence-corrected chi connectivity index (χ1v) is 10.8. The maximum atomic E-state index is 15.0. The fourth-order valence-electron chi connectivity index (χ4n) is 3.98. The SMILES string of the molecule is COc1ncc(-c2cc3c(c(Nc4ccc(N5CCO[C@H](C)C5)c(F)c4)n2)C(=O)[N]C=C3)cn1. The second-order valence-corrected chi connectivity index (χ2v) is 7.95. The van der Waals surface area contributed by atoms with Crippen molar-refractivity contribution in [1.82, 2.24) is 20.3 Å². The molecule has 0 aliphatic carbocycles. The molecule has 2 aliphatic heterocycles. The van der Waals surface area contributed by atoms with Crippen LogP contribution in [0.3, 0.4) is 0 Å². The number of hydrogen-bond donors (Lipinski definition) is 1. The van der Waals surface area contributed by atoms with E-state index in [2.05, 4.69) is 25.6 Å². The molecule has 34 heavy (non-hydrogen) atoms. The van der Waals surface area contributed by atoms with Crippen molar-refractivity contribution in [3.8, 4) is 17.3 Å². The van der Waals surface area contributed by atoms with Gasteiger partial charge in [-0.1, -0.05) is 0 Å². The van der Waals surface area contributed by atoms with E-state index in [1.807, 2.05) is 11.8 Å². The number of benzene rings is 1. The highest BCUT2D eigenvalue weighted by atomic mass is 19.1. The molecule has 2 aromatic heterocycles. The van der Waals surface area contributed by atoms with Gasteiger partial charge < -0.3 is 19.7 Å². The highest BCUT2D eigenvalue weighted by molar-refractivity contribution is 6.05. The van der Waals surface area contributed by atoms with Crippen molar-refractivity contribution >= 4 is 29.2 Å². The number of ether oxygens (including phenoxy) is 2. The van der Waals surface area contributed by atoms with Gasteiger partial charge in [0.25, 0.3) is 5.91 Å². The normalized spacial score (nSPS) is 17.2. The molecule has 3 aromatic rings. The zero-order valence-electron chi connectivity index (χ0n) is 18.7. The number of nitrogens with zero attached hydrogens (tertiary/aromatic N) is 5. The third kappa shape index (κ3) is 4.27. The lowest BCUT2D eigenvalue weighted by atomic mass is 10.0. The van der Waals surface area contributed by atoms with Gasteiger partial charge in [0.2, 0.25) is 0 Å². The number of amides is 1. The maximum Gasteiger partial charge on any atom is 0.316 e. The average Bonchev–Trinajstić information content (AvgIpc) is 2.84. The van der Waals surface area contributed by atoms with E-state index in [0.717, 1.165) is 0 Å². The number of hydrogen-bond acceptors (Lipinski definition) is 8. The van der Waals surface area contributed by atoms with E-state index < -0.39 is 5.91 Å². The van der Waals surface area contributed by atoms with Crippen molar-refractivity contribution in [2.75, 3.05) is 37.0 Å². The smallest absolute Gasteiger partial charge is 0.316 e. The predicted molar refractivity (Wildman–Crippen MR) is 125 cm³/mol. The minimum atomic E-state index is -0.426. The molecule has 5 rings (SSSR count). The van der Waals surface area contributed by atoms with E-state index in [9.17, 15) is 4.79 Å². The summed E-state index contributed by atoms with van der Waals surface area (Å²) < 4.78 is 25.6. The van der Waals surface area contributed by atoms with Crippen molar-refractivity contribution < 1.29 is 18.7 Å². The zero-order chi connectivity index (χ0) is 23.7. The number of nitrogens with one attached hydrogen (secondary N) is 1. The van der Waals surface area contributed by atoms with Crippen LogP contribution >= 0.6 is 0 Å². The molecule has 1 aromatic carbocycles. The Labute approximate surface area is 195 Å². The molecule has 2 aliphatic rings. The third-order valence-corrected chi connectivity index (χ3v) is 5.61. The van der Waals surface area contributed by atoms with Gasteiger partial charge >= 0.3 is 6.01 Å². The lowest BCUT2D eigenvalue weighted by Gasteiger charge is -2.33. The quantitative estimate of drug-likeness (QED) is 0.617. The molecule has 1 saturated heterocycles. The third-order valence-electron chi connectivity index (χ3n) is 5.61. The number of carbonyl (C=O) groups is 1. The summed E-state index contributed by atoms with van der Waals surface area (Å²) >= 11 is 0. The van der Waals surface area contributed by atoms with Gasteiger partial charge in [-0.3, -0.25) is 4.79 Å². The van der Waals surface area contributed by atoms with E-state index in [1.165, 1.54) is 19.4 Å². The van der Waals surface area contributed by atoms with Crippen LogP contribution in [0, 0.1) is 5.82 Å². The standard InChI is InChI=1S/C24H22FN6O3/c1-14-13-31(7-8-34-14)20-4-3-17(10-18(20)25)29-22-21-15(5-6-26-23(21)32)9-19(30-22)16-11-27-24(33-2)28-12-16/h3-6,9-12,14H,7-8,13H2,1-2H3,(H,29,30)/t14-/m1/s1. The number of aromatic nitrogens is 3. The van der Waals surface area contributed by atoms with Crippen LogP contribution in [0.5, 0.6) is 6.01 Å². The summed E-state index contributed by atoms with van der Waals surface area (Å²) in [5.74, 6) is -0.526. The van der Waals surface area contributed by atoms with Gasteiger partial charge in [-0.05, 0) is 42.8 Å². The Bertz CT molecular complexity index is 1260. The van der Waals surface area contributed by atoms with Crippen LogP contribution in [0.4, 0.5) is 21.6 Å². The second kappa shape index (κ2) is 9.06. The molecule has 0 saturated carbocycles. The molecule has 1 radical (unpaired) electrons. The molecular formula is C24H22FN6O3. The fourth-order valence-corrected chi connectivity index (χ4v) is 3.98. The monoisotopic (exact) mass is 461 g/mol. The first-order valence-electron chi connectivity index (χ1n) is 10.8. The lowest BCUT2D eigenvalue weighted by molar-refractivity contribution is 0.0530. The first kappa shape index (κ1) is 21.8. The van der Waals surface area contributed by atoms with Crippen molar-refractivity contribution in [2.45, 2.75) is 13.0 Å². The van der Waals surface area contributed by atoms with E-state index >= 15 is 4.39 Å². The topological polar surface area (TPSA) is 104 Å². The van der Waals surface area contributed by atoms with Gasteiger partial charge in [0.15, 0.2) is 0 Å². The number of pyridine rings is 1. The zero-order valence-corrected chi connectivity index (χ0v) is 18.7. The Kier molecular flexibility index (Phi) is 5.81. The lowest BCUT2D eigenvalue weighted by Crippen LogP contribution is -2.41. The molecule has 173 valence electrons. The summed E-state index contributed by atoms with van der Waals surface area (Å²) in [5, 5.41) is 6.97. The molecule has 9 nitrogen and oxygen atoms in total. The van der Waals surface area contributed by atoms with Crippen LogP contribution in [0.1, 0.15) is 22.8 Å². The van der Waals surface area contributed by atoms with Crippen molar-refractivity contribution in [3.05, 3.63) is 59.8 Å². The fraction of sp³-hybridized carbons (Fsp3) is 0.250. The summed E-state index contributed by atoms with van der Waals surface area (Å²) in [5.41, 5.74) is 3.10. The number of anilines is 3. The number of methoxy groups -OCH3 is 1. The number of fused-ring (bicyclic) bond motifs is 1.